The molecule has 21 heavy (non-hydrogen) atoms. The standard InChI is InChI=1S/C16H23N3O2/c20-16(21)19-11-9-17(10-12-19)13-14-3-5-15(6-4-14)18-7-1-2-8-18/h3-6H,1-2,7-13H2,(H,20,21). The Kier molecular flexibility index (Phi) is 4.29. The molecule has 0 bridgehead atoms. The van der Waals surface area contributed by atoms with Crippen LogP contribution in [0.25, 0.3) is 0 Å². The van der Waals surface area contributed by atoms with Gasteiger partial charge in [-0.3, -0.25) is 4.90 Å². The third-order valence-electron chi connectivity index (χ3n) is 4.46. The normalized spacial score (nSPS) is 20.0. The highest BCUT2D eigenvalue weighted by Crippen LogP contribution is 2.21. The van der Waals surface area contributed by atoms with Crippen LogP contribution in [0.15, 0.2) is 24.3 Å². The van der Waals surface area contributed by atoms with Crippen molar-refractivity contribution in [1.82, 2.24) is 9.80 Å². The fourth-order valence-corrected chi connectivity index (χ4v) is 3.14. The number of anilines is 1. The fraction of sp³-hybridized carbons (Fsp3) is 0.562. The molecule has 1 aromatic carbocycles. The molecule has 0 atom stereocenters. The number of amides is 1. The largest absolute Gasteiger partial charge is 0.465 e. The minimum Gasteiger partial charge on any atom is -0.465 e. The van der Waals surface area contributed by atoms with E-state index in [1.165, 1.54) is 42.1 Å². The predicted octanol–water partition coefficient (Wildman–Crippen LogP) is 2.08. The van der Waals surface area contributed by atoms with Gasteiger partial charge in [0, 0.05) is 51.5 Å². The van der Waals surface area contributed by atoms with E-state index in [2.05, 4.69) is 34.1 Å². The molecule has 1 amide bonds. The van der Waals surface area contributed by atoms with Crippen molar-refractivity contribution >= 4 is 11.8 Å². The highest BCUT2D eigenvalue weighted by molar-refractivity contribution is 5.65. The Hall–Kier alpha value is -1.75. The van der Waals surface area contributed by atoms with Gasteiger partial charge in [0.2, 0.25) is 0 Å². The number of benzene rings is 1. The summed E-state index contributed by atoms with van der Waals surface area (Å²) in [5.74, 6) is 0. The molecule has 2 fully saturated rings. The van der Waals surface area contributed by atoms with E-state index in [1.54, 1.807) is 0 Å². The van der Waals surface area contributed by atoms with Crippen molar-refractivity contribution in [1.29, 1.82) is 0 Å². The predicted molar refractivity (Wildman–Crippen MR) is 82.8 cm³/mol. The average Bonchev–Trinajstić information content (AvgIpc) is 3.03. The van der Waals surface area contributed by atoms with E-state index in [4.69, 9.17) is 5.11 Å². The molecule has 0 spiro atoms. The van der Waals surface area contributed by atoms with Gasteiger partial charge in [-0.1, -0.05) is 12.1 Å². The summed E-state index contributed by atoms with van der Waals surface area (Å²) in [5.41, 5.74) is 2.63. The lowest BCUT2D eigenvalue weighted by Crippen LogP contribution is -2.47. The minimum atomic E-state index is -0.801. The van der Waals surface area contributed by atoms with Gasteiger partial charge in [-0.2, -0.15) is 0 Å². The highest BCUT2D eigenvalue weighted by atomic mass is 16.4. The molecule has 5 nitrogen and oxygen atoms in total. The van der Waals surface area contributed by atoms with Gasteiger partial charge in [-0.25, -0.2) is 4.79 Å². The molecule has 3 rings (SSSR count). The van der Waals surface area contributed by atoms with Crippen molar-refractivity contribution < 1.29 is 9.90 Å². The average molecular weight is 289 g/mol. The van der Waals surface area contributed by atoms with Crippen molar-refractivity contribution in [3.8, 4) is 0 Å². The number of carbonyl (C=O) groups is 1. The third kappa shape index (κ3) is 3.47. The van der Waals surface area contributed by atoms with Crippen molar-refractivity contribution in [3.63, 3.8) is 0 Å². The molecule has 0 aliphatic carbocycles. The smallest absolute Gasteiger partial charge is 0.407 e. The molecule has 1 aromatic rings. The summed E-state index contributed by atoms with van der Waals surface area (Å²) in [4.78, 5) is 17.1. The summed E-state index contributed by atoms with van der Waals surface area (Å²) >= 11 is 0. The highest BCUT2D eigenvalue weighted by Gasteiger charge is 2.20. The summed E-state index contributed by atoms with van der Waals surface area (Å²) in [7, 11) is 0. The van der Waals surface area contributed by atoms with Crippen molar-refractivity contribution in [2.24, 2.45) is 0 Å². The zero-order valence-electron chi connectivity index (χ0n) is 12.4. The van der Waals surface area contributed by atoms with Gasteiger partial charge in [0.25, 0.3) is 0 Å². The Morgan fingerprint density at radius 1 is 0.952 bits per heavy atom. The summed E-state index contributed by atoms with van der Waals surface area (Å²) in [6.07, 6.45) is 1.80. The monoisotopic (exact) mass is 289 g/mol. The van der Waals surface area contributed by atoms with Crippen LogP contribution in [0.3, 0.4) is 0 Å². The van der Waals surface area contributed by atoms with Gasteiger partial charge < -0.3 is 14.9 Å². The lowest BCUT2D eigenvalue weighted by atomic mass is 10.1. The first-order valence-electron chi connectivity index (χ1n) is 7.76. The van der Waals surface area contributed by atoms with Crippen molar-refractivity contribution in [2.45, 2.75) is 19.4 Å². The molecule has 0 aromatic heterocycles. The van der Waals surface area contributed by atoms with Crippen LogP contribution in [0, 0.1) is 0 Å². The van der Waals surface area contributed by atoms with Gasteiger partial charge in [0.05, 0.1) is 0 Å². The second-order valence-electron chi connectivity index (χ2n) is 5.91. The van der Waals surface area contributed by atoms with Crippen LogP contribution >= 0.6 is 0 Å². The molecule has 114 valence electrons. The number of piperazine rings is 1. The zero-order valence-corrected chi connectivity index (χ0v) is 12.4. The lowest BCUT2D eigenvalue weighted by molar-refractivity contribution is 0.103. The second kappa shape index (κ2) is 6.35. The van der Waals surface area contributed by atoms with E-state index >= 15 is 0 Å². The summed E-state index contributed by atoms with van der Waals surface area (Å²) in [6.45, 7) is 6.13. The zero-order chi connectivity index (χ0) is 14.7. The van der Waals surface area contributed by atoms with E-state index in [9.17, 15) is 4.79 Å². The molecular formula is C16H23N3O2. The van der Waals surface area contributed by atoms with E-state index in [0.29, 0.717) is 13.1 Å². The number of rotatable bonds is 3. The number of hydrogen-bond acceptors (Lipinski definition) is 3. The topological polar surface area (TPSA) is 47.0 Å². The number of carboxylic acid groups (broad SMARTS) is 1. The Morgan fingerprint density at radius 2 is 1.57 bits per heavy atom. The fourth-order valence-electron chi connectivity index (χ4n) is 3.14. The maximum Gasteiger partial charge on any atom is 0.407 e. The first-order chi connectivity index (χ1) is 10.2. The van der Waals surface area contributed by atoms with E-state index in [0.717, 1.165) is 19.6 Å². The van der Waals surface area contributed by atoms with E-state index in [-0.39, 0.29) is 0 Å². The Bertz CT molecular complexity index is 475. The van der Waals surface area contributed by atoms with Gasteiger partial charge in [-0.15, -0.1) is 0 Å². The summed E-state index contributed by atoms with van der Waals surface area (Å²) < 4.78 is 0. The Balaban J connectivity index is 1.52. The van der Waals surface area contributed by atoms with E-state index < -0.39 is 6.09 Å². The first-order valence-corrected chi connectivity index (χ1v) is 7.76. The number of nitrogens with zero attached hydrogens (tertiary/aromatic N) is 3. The molecule has 2 saturated heterocycles. The van der Waals surface area contributed by atoms with Gasteiger partial charge in [0.1, 0.15) is 0 Å². The van der Waals surface area contributed by atoms with Crippen LogP contribution in [0.2, 0.25) is 0 Å². The summed E-state index contributed by atoms with van der Waals surface area (Å²) in [5, 5.41) is 8.95. The lowest BCUT2D eigenvalue weighted by Gasteiger charge is -2.33. The van der Waals surface area contributed by atoms with E-state index in [1.807, 2.05) is 0 Å². The maximum atomic E-state index is 10.9. The van der Waals surface area contributed by atoms with Gasteiger partial charge in [0.15, 0.2) is 0 Å². The molecule has 0 unspecified atom stereocenters. The van der Waals surface area contributed by atoms with Crippen molar-refractivity contribution in [2.75, 3.05) is 44.2 Å². The summed E-state index contributed by atoms with van der Waals surface area (Å²) in [6, 6.07) is 8.84. The molecule has 2 heterocycles. The molecule has 0 saturated carbocycles. The molecule has 2 aliphatic heterocycles. The second-order valence-corrected chi connectivity index (χ2v) is 5.91. The van der Waals surface area contributed by atoms with Gasteiger partial charge >= 0.3 is 6.09 Å². The van der Waals surface area contributed by atoms with Crippen LogP contribution in [0.1, 0.15) is 18.4 Å². The molecule has 5 heteroatoms. The molecule has 0 radical (unpaired) electrons. The van der Waals surface area contributed by atoms with Crippen LogP contribution in [-0.2, 0) is 6.54 Å². The van der Waals surface area contributed by atoms with Crippen molar-refractivity contribution in [3.05, 3.63) is 29.8 Å². The number of hydrogen-bond donors (Lipinski definition) is 1. The Labute approximate surface area is 125 Å². The SMILES string of the molecule is O=C(O)N1CCN(Cc2ccc(N3CCCC3)cc2)CC1. The molecule has 1 N–H and O–H groups in total. The Morgan fingerprint density at radius 3 is 2.14 bits per heavy atom. The van der Waals surface area contributed by atoms with Crippen LogP contribution in [0.4, 0.5) is 10.5 Å². The quantitative estimate of drug-likeness (QED) is 0.925. The maximum absolute atomic E-state index is 10.9. The molecular weight excluding hydrogens is 266 g/mol. The first kappa shape index (κ1) is 14.2. The van der Waals surface area contributed by atoms with Gasteiger partial charge in [-0.05, 0) is 30.5 Å². The third-order valence-corrected chi connectivity index (χ3v) is 4.46. The van der Waals surface area contributed by atoms with Crippen LogP contribution < -0.4 is 4.90 Å². The molecule has 2 aliphatic rings. The van der Waals surface area contributed by atoms with Crippen LogP contribution in [0.5, 0.6) is 0 Å². The van der Waals surface area contributed by atoms with Crippen LogP contribution in [-0.4, -0.2) is 60.3 Å². The minimum absolute atomic E-state index is 0.612.